The molecule has 18 heteroatoms. The summed E-state index contributed by atoms with van der Waals surface area (Å²) in [4.78, 5) is 43.4. The Morgan fingerprint density at radius 2 is 1.92 bits per heavy atom. The fourth-order valence-electron chi connectivity index (χ4n) is 5.68. The number of alkyl halides is 2. The smallest absolute Gasteiger partial charge is 0.328 e. The number of nitrogens with zero attached hydrogens (tertiary/aromatic N) is 6. The van der Waals surface area contributed by atoms with Gasteiger partial charge in [-0.25, -0.2) is 42.1 Å². The van der Waals surface area contributed by atoms with Crippen LogP contribution in [0.2, 0.25) is 0 Å². The fraction of sp³-hybridized carbons (Fsp3) is 0.419. The lowest BCUT2D eigenvalue weighted by molar-refractivity contribution is -0.144. The van der Waals surface area contributed by atoms with Crippen LogP contribution in [0.5, 0.6) is 5.75 Å². The summed E-state index contributed by atoms with van der Waals surface area (Å²) < 4.78 is 68.3. The highest BCUT2D eigenvalue weighted by Crippen LogP contribution is 2.35. The molecule has 3 aromatic heterocycles. The van der Waals surface area contributed by atoms with Crippen molar-refractivity contribution in [3.05, 3.63) is 54.2 Å². The first kappa shape index (κ1) is 35.2. The van der Waals surface area contributed by atoms with Gasteiger partial charge < -0.3 is 35.1 Å². The number of amides is 2. The van der Waals surface area contributed by atoms with Crippen molar-refractivity contribution in [1.82, 2.24) is 29.8 Å². The van der Waals surface area contributed by atoms with Gasteiger partial charge >= 0.3 is 12.0 Å². The monoisotopic (exact) mass is 689 g/mol. The van der Waals surface area contributed by atoms with E-state index in [9.17, 15) is 27.9 Å². The van der Waals surface area contributed by atoms with Gasteiger partial charge in [-0.2, -0.15) is 0 Å². The average molecular weight is 690 g/mol. The maximum Gasteiger partial charge on any atom is 0.328 e. The van der Waals surface area contributed by atoms with Crippen LogP contribution >= 0.6 is 0 Å². The number of benzene rings is 1. The molecule has 0 bridgehead atoms. The van der Waals surface area contributed by atoms with Crippen LogP contribution in [0, 0.1) is 11.6 Å². The first-order valence-corrected chi connectivity index (χ1v) is 15.3. The van der Waals surface area contributed by atoms with Gasteiger partial charge in [-0.1, -0.05) is 0 Å². The van der Waals surface area contributed by atoms with Crippen LogP contribution in [-0.2, 0) is 16.1 Å². The van der Waals surface area contributed by atoms with Gasteiger partial charge in [-0.05, 0) is 44.4 Å². The van der Waals surface area contributed by atoms with Gasteiger partial charge in [0.05, 0.1) is 49.7 Å². The number of aliphatic hydroxyl groups excluding tert-OH is 1. The Bertz CT molecular complexity index is 1840. The second-order valence-electron chi connectivity index (χ2n) is 11.5. The van der Waals surface area contributed by atoms with Gasteiger partial charge in [0, 0.05) is 24.7 Å². The molecule has 1 aliphatic rings. The topological polar surface area (TPSA) is 183 Å². The number of anilines is 2. The zero-order valence-corrected chi connectivity index (χ0v) is 26.8. The van der Waals surface area contributed by atoms with E-state index in [1.54, 1.807) is 16.4 Å². The first-order valence-electron chi connectivity index (χ1n) is 15.3. The number of hydrogen-bond donors (Lipinski definition) is 4. The zero-order chi connectivity index (χ0) is 35.5. The Morgan fingerprint density at radius 1 is 1.14 bits per heavy atom. The molecule has 262 valence electrons. The molecular weight excluding hydrogens is 654 g/mol. The van der Waals surface area contributed by atoms with Crippen LogP contribution in [0.4, 0.5) is 33.9 Å². The molecule has 5 rings (SSSR count). The number of esters is 1. The predicted molar refractivity (Wildman–Crippen MR) is 169 cm³/mol. The quantitative estimate of drug-likeness (QED) is 0.134. The van der Waals surface area contributed by atoms with Crippen molar-refractivity contribution in [2.45, 2.75) is 57.3 Å². The summed E-state index contributed by atoms with van der Waals surface area (Å²) in [7, 11) is 1.21. The third kappa shape index (κ3) is 7.49. The summed E-state index contributed by atoms with van der Waals surface area (Å²) in [6.45, 7) is 3.50. The highest BCUT2D eigenvalue weighted by molar-refractivity contribution is 5.97. The van der Waals surface area contributed by atoms with Gasteiger partial charge in [0.15, 0.2) is 28.5 Å². The van der Waals surface area contributed by atoms with E-state index in [0.29, 0.717) is 24.2 Å². The SMILES string of the molecule is CCOC(=O)[C@H](C)NC(=O)Nc1ncnc2c1ncn2Cc1cc(-c2cc(F)c(OC)cc2F)ncc1N1CCC[C@](N)([C@H](O)C(F)F)C1. The number of halogens is 4. The maximum absolute atomic E-state index is 15.1. The molecule has 49 heavy (non-hydrogen) atoms. The van der Waals surface area contributed by atoms with Crippen molar-refractivity contribution in [3.63, 3.8) is 0 Å². The summed E-state index contributed by atoms with van der Waals surface area (Å²) in [5, 5.41) is 15.3. The number of methoxy groups -OCH3 is 1. The number of nitrogens with two attached hydrogens (primary N) is 1. The van der Waals surface area contributed by atoms with Crippen LogP contribution in [0.3, 0.4) is 0 Å². The third-order valence-electron chi connectivity index (χ3n) is 8.17. The molecule has 0 saturated carbocycles. The highest BCUT2D eigenvalue weighted by atomic mass is 19.3. The van der Waals surface area contributed by atoms with Gasteiger partial charge in [-0.3, -0.25) is 10.3 Å². The van der Waals surface area contributed by atoms with Gasteiger partial charge in [0.1, 0.15) is 24.3 Å². The van der Waals surface area contributed by atoms with Crippen molar-refractivity contribution in [1.29, 1.82) is 0 Å². The van der Waals surface area contributed by atoms with Crippen molar-refractivity contribution < 1.29 is 41.7 Å². The minimum atomic E-state index is -3.06. The van der Waals surface area contributed by atoms with Crippen LogP contribution in [0.15, 0.2) is 37.1 Å². The largest absolute Gasteiger partial charge is 0.494 e. The van der Waals surface area contributed by atoms with Gasteiger partial charge in [0.2, 0.25) is 0 Å². The Morgan fingerprint density at radius 3 is 2.63 bits per heavy atom. The Balaban J connectivity index is 1.51. The lowest BCUT2D eigenvalue weighted by atomic mass is 9.84. The molecule has 4 heterocycles. The molecule has 14 nitrogen and oxygen atoms in total. The molecular formula is C31H35F4N9O5. The first-order chi connectivity index (χ1) is 23.3. The van der Waals surface area contributed by atoms with E-state index in [4.69, 9.17) is 15.2 Å². The standard InChI is InChI=1S/C31H35F4N9O5/c1-4-49-29(46)16(2)41-30(47)42-27-24-28(39-14-38-27)44(15-40-24)12-17-8-21(18-9-20(33)23(48-3)10-19(18)32)37-11-22(17)43-7-5-6-31(36,13-43)25(45)26(34)35/h8-11,14-16,25-26,45H,4-7,12-13,36H2,1-3H3,(H2,38,39,41,42,47)/t16-,25+,31+/m0/s1. The summed E-state index contributed by atoms with van der Waals surface area (Å²) in [6, 6.07) is 1.69. The van der Waals surface area contributed by atoms with E-state index < -0.39 is 47.7 Å². The number of rotatable bonds is 11. The predicted octanol–water partition coefficient (Wildman–Crippen LogP) is 3.22. The van der Waals surface area contributed by atoms with Crippen LogP contribution in [0.1, 0.15) is 32.3 Å². The number of aliphatic hydroxyl groups is 1. The number of pyridine rings is 1. The summed E-state index contributed by atoms with van der Waals surface area (Å²) in [5.74, 6) is -2.48. The van der Waals surface area contributed by atoms with E-state index in [1.165, 1.54) is 39.0 Å². The van der Waals surface area contributed by atoms with Crippen molar-refractivity contribution in [2.75, 3.05) is 37.0 Å². The number of imidazole rings is 1. The number of ether oxygens (including phenoxy) is 2. The van der Waals surface area contributed by atoms with Gasteiger partial charge in [0.25, 0.3) is 6.43 Å². The summed E-state index contributed by atoms with van der Waals surface area (Å²) >= 11 is 0. The Kier molecular flexibility index (Phi) is 10.5. The molecule has 1 aromatic carbocycles. The molecule has 0 spiro atoms. The molecule has 0 unspecified atom stereocenters. The number of fused-ring (bicyclic) bond motifs is 1. The van der Waals surface area contributed by atoms with Crippen LogP contribution in [0.25, 0.3) is 22.4 Å². The van der Waals surface area contributed by atoms with E-state index in [1.807, 2.05) is 0 Å². The van der Waals surface area contributed by atoms with Crippen LogP contribution in [-0.4, -0.2) is 92.5 Å². The molecule has 2 amide bonds. The molecule has 0 aliphatic carbocycles. The number of hydrogen-bond acceptors (Lipinski definition) is 11. The third-order valence-corrected chi connectivity index (χ3v) is 8.17. The molecule has 1 fully saturated rings. The van der Waals surface area contributed by atoms with E-state index in [2.05, 4.69) is 30.6 Å². The Hall–Kier alpha value is -5.10. The number of nitrogens with one attached hydrogen (secondary N) is 2. The van der Waals surface area contributed by atoms with Crippen molar-refractivity contribution in [3.8, 4) is 17.0 Å². The number of carbonyl (C=O) groups excluding carboxylic acids is 2. The van der Waals surface area contributed by atoms with E-state index in [0.717, 1.165) is 12.1 Å². The molecule has 4 aromatic rings. The highest BCUT2D eigenvalue weighted by Gasteiger charge is 2.43. The normalized spacial score (nSPS) is 17.6. The fourth-order valence-corrected chi connectivity index (χ4v) is 5.68. The van der Waals surface area contributed by atoms with E-state index in [-0.39, 0.29) is 60.1 Å². The lowest BCUT2D eigenvalue weighted by Crippen LogP contribution is -2.63. The zero-order valence-electron chi connectivity index (χ0n) is 26.8. The number of urea groups is 1. The van der Waals surface area contributed by atoms with Crippen molar-refractivity contribution >= 4 is 34.7 Å². The lowest BCUT2D eigenvalue weighted by Gasteiger charge is -2.44. The minimum Gasteiger partial charge on any atom is -0.494 e. The van der Waals surface area contributed by atoms with Crippen molar-refractivity contribution in [2.24, 2.45) is 5.73 Å². The van der Waals surface area contributed by atoms with Crippen LogP contribution < -0.4 is 26.0 Å². The second kappa shape index (κ2) is 14.6. The van der Waals surface area contributed by atoms with E-state index >= 15 is 4.39 Å². The molecule has 0 radical (unpaired) electrons. The Labute approximate surface area is 277 Å². The maximum atomic E-state index is 15.1. The number of piperidine rings is 1. The van der Waals surface area contributed by atoms with Gasteiger partial charge in [-0.15, -0.1) is 0 Å². The molecule has 1 saturated heterocycles. The average Bonchev–Trinajstić information content (AvgIpc) is 3.48. The molecule has 3 atom stereocenters. The number of carbonyl (C=O) groups is 2. The number of aromatic nitrogens is 5. The second-order valence-corrected chi connectivity index (χ2v) is 11.5. The molecule has 5 N–H and O–H groups in total. The minimum absolute atomic E-state index is 0.00955. The summed E-state index contributed by atoms with van der Waals surface area (Å²) in [5.41, 5.74) is 5.97. The molecule has 1 aliphatic heterocycles. The summed E-state index contributed by atoms with van der Waals surface area (Å²) in [6.07, 6.45) is -0.593.